The van der Waals surface area contributed by atoms with Crippen LogP contribution in [0.3, 0.4) is 0 Å². The van der Waals surface area contributed by atoms with Crippen molar-refractivity contribution >= 4 is 17.5 Å². The van der Waals surface area contributed by atoms with E-state index >= 15 is 0 Å². The Morgan fingerprint density at radius 2 is 2.21 bits per heavy atom. The highest BCUT2D eigenvalue weighted by molar-refractivity contribution is 5.87. The lowest BCUT2D eigenvalue weighted by atomic mass is 10.3. The van der Waals surface area contributed by atoms with Crippen LogP contribution in [0.2, 0.25) is 0 Å². The maximum atomic E-state index is 11.2. The zero-order valence-corrected chi connectivity index (χ0v) is 10.7. The van der Waals surface area contributed by atoms with Crippen LogP contribution in [-0.4, -0.2) is 29.8 Å². The summed E-state index contributed by atoms with van der Waals surface area (Å²) in [7, 11) is 3.91. The van der Waals surface area contributed by atoms with Crippen molar-refractivity contribution in [1.82, 2.24) is 9.38 Å². The summed E-state index contributed by atoms with van der Waals surface area (Å²) in [6, 6.07) is 7.52. The molecule has 19 heavy (non-hydrogen) atoms. The number of pyridine rings is 1. The van der Waals surface area contributed by atoms with Gasteiger partial charge in [-0.05, 0) is 24.3 Å². The van der Waals surface area contributed by atoms with Gasteiger partial charge in [0.25, 0.3) is 0 Å². The molecule has 3 aromatic heterocycles. The van der Waals surface area contributed by atoms with Gasteiger partial charge in [-0.1, -0.05) is 0 Å². The number of rotatable bonds is 3. The van der Waals surface area contributed by atoms with Crippen LogP contribution >= 0.6 is 0 Å². The molecule has 5 heteroatoms. The fourth-order valence-electron chi connectivity index (χ4n) is 2.04. The van der Waals surface area contributed by atoms with Crippen molar-refractivity contribution in [1.29, 1.82) is 0 Å². The van der Waals surface area contributed by atoms with Gasteiger partial charge in [-0.25, -0.2) is 4.98 Å². The molecule has 0 aliphatic heterocycles. The largest absolute Gasteiger partial charge is 0.461 e. The van der Waals surface area contributed by atoms with Crippen LogP contribution in [0.1, 0.15) is 10.5 Å². The number of furan rings is 1. The number of aldehydes is 1. The maximum Gasteiger partial charge on any atom is 0.181 e. The third-order valence-electron chi connectivity index (χ3n) is 3.03. The molecule has 0 radical (unpaired) electrons. The third-order valence-corrected chi connectivity index (χ3v) is 3.03. The van der Waals surface area contributed by atoms with Gasteiger partial charge in [0.2, 0.25) is 0 Å². The zero-order valence-electron chi connectivity index (χ0n) is 10.7. The number of fused-ring (bicyclic) bond motifs is 1. The first-order valence-electron chi connectivity index (χ1n) is 5.89. The first-order chi connectivity index (χ1) is 9.20. The van der Waals surface area contributed by atoms with Gasteiger partial charge in [-0.15, -0.1) is 0 Å². The van der Waals surface area contributed by atoms with Crippen LogP contribution in [0.4, 0.5) is 5.69 Å². The number of nitrogens with zero attached hydrogens (tertiary/aromatic N) is 3. The zero-order chi connectivity index (χ0) is 13.4. The predicted octanol–water partition coefficient (Wildman–Crippen LogP) is 2.47. The number of carbonyl (C=O) groups is 1. The van der Waals surface area contributed by atoms with E-state index in [1.54, 1.807) is 12.3 Å². The maximum absolute atomic E-state index is 11.2. The predicted molar refractivity (Wildman–Crippen MR) is 72.6 cm³/mol. The number of hydrogen-bond acceptors (Lipinski definition) is 4. The average Bonchev–Trinajstić information content (AvgIpc) is 3.04. The number of anilines is 1. The fourth-order valence-corrected chi connectivity index (χ4v) is 2.04. The van der Waals surface area contributed by atoms with E-state index in [4.69, 9.17) is 4.42 Å². The molecule has 0 aromatic carbocycles. The van der Waals surface area contributed by atoms with Crippen molar-refractivity contribution in [3.8, 4) is 11.6 Å². The van der Waals surface area contributed by atoms with Gasteiger partial charge in [0.05, 0.1) is 11.8 Å². The lowest BCUT2D eigenvalue weighted by Gasteiger charge is -2.12. The van der Waals surface area contributed by atoms with Crippen molar-refractivity contribution in [2.75, 3.05) is 19.0 Å². The molecule has 0 bridgehead atoms. The fraction of sp³-hybridized carbons (Fsp3) is 0.143. The Labute approximate surface area is 110 Å². The van der Waals surface area contributed by atoms with E-state index in [0.717, 1.165) is 17.5 Å². The first-order valence-corrected chi connectivity index (χ1v) is 5.89. The topological polar surface area (TPSA) is 50.8 Å². The summed E-state index contributed by atoms with van der Waals surface area (Å²) in [5.41, 5.74) is 2.20. The van der Waals surface area contributed by atoms with Gasteiger partial charge in [-0.3, -0.25) is 9.20 Å². The Bertz CT molecular complexity index is 727. The number of carbonyl (C=O) groups excluding carboxylic acids is 1. The molecule has 0 saturated heterocycles. The van der Waals surface area contributed by atoms with E-state index in [0.29, 0.717) is 17.3 Å². The highest BCUT2D eigenvalue weighted by Gasteiger charge is 2.14. The molecule has 0 N–H and O–H groups in total. The minimum absolute atomic E-state index is 0.412. The van der Waals surface area contributed by atoms with Crippen LogP contribution in [0.5, 0.6) is 0 Å². The van der Waals surface area contributed by atoms with Crippen LogP contribution in [0, 0.1) is 0 Å². The second kappa shape index (κ2) is 4.28. The Morgan fingerprint density at radius 3 is 2.84 bits per heavy atom. The van der Waals surface area contributed by atoms with Crippen LogP contribution in [0.25, 0.3) is 17.1 Å². The molecular weight excluding hydrogens is 242 g/mol. The molecule has 0 unspecified atom stereocenters. The average molecular weight is 255 g/mol. The van der Waals surface area contributed by atoms with Crippen molar-refractivity contribution in [2.24, 2.45) is 0 Å². The molecule has 0 atom stereocenters. The van der Waals surface area contributed by atoms with E-state index in [1.807, 2.05) is 47.8 Å². The monoisotopic (exact) mass is 255 g/mol. The van der Waals surface area contributed by atoms with Gasteiger partial charge in [0.15, 0.2) is 17.9 Å². The molecule has 0 spiro atoms. The lowest BCUT2D eigenvalue weighted by molar-refractivity contribution is 0.112. The van der Waals surface area contributed by atoms with Gasteiger partial charge in [0, 0.05) is 26.0 Å². The molecule has 0 fully saturated rings. The Hall–Kier alpha value is -2.56. The van der Waals surface area contributed by atoms with Gasteiger partial charge in [-0.2, -0.15) is 0 Å². The summed E-state index contributed by atoms with van der Waals surface area (Å²) in [4.78, 5) is 17.5. The van der Waals surface area contributed by atoms with Crippen molar-refractivity contribution < 1.29 is 9.21 Å². The Morgan fingerprint density at radius 1 is 1.37 bits per heavy atom. The molecule has 3 rings (SSSR count). The van der Waals surface area contributed by atoms with Crippen molar-refractivity contribution in [2.45, 2.75) is 0 Å². The molecule has 0 aliphatic rings. The van der Waals surface area contributed by atoms with Gasteiger partial charge >= 0.3 is 0 Å². The number of imidazole rings is 1. The molecule has 0 amide bonds. The quantitative estimate of drug-likeness (QED) is 0.675. The normalized spacial score (nSPS) is 10.8. The molecule has 0 aliphatic carbocycles. The molecule has 96 valence electrons. The lowest BCUT2D eigenvalue weighted by Crippen LogP contribution is -2.08. The molecule has 3 aromatic rings. The van der Waals surface area contributed by atoms with E-state index in [2.05, 4.69) is 4.98 Å². The summed E-state index contributed by atoms with van der Waals surface area (Å²) >= 11 is 0. The second-order valence-corrected chi connectivity index (χ2v) is 4.45. The summed E-state index contributed by atoms with van der Waals surface area (Å²) in [6.07, 6.45) is 4.24. The Kier molecular flexibility index (Phi) is 2.59. The smallest absolute Gasteiger partial charge is 0.181 e. The minimum Gasteiger partial charge on any atom is -0.461 e. The molecular formula is C14H13N3O2. The Balaban J connectivity index is 2.29. The second-order valence-electron chi connectivity index (χ2n) is 4.45. The third kappa shape index (κ3) is 1.79. The number of hydrogen-bond donors (Lipinski definition) is 0. The molecule has 5 nitrogen and oxygen atoms in total. The highest BCUT2D eigenvalue weighted by Crippen LogP contribution is 2.25. The van der Waals surface area contributed by atoms with Crippen molar-refractivity contribution in [3.63, 3.8) is 0 Å². The van der Waals surface area contributed by atoms with Crippen molar-refractivity contribution in [3.05, 3.63) is 42.4 Å². The summed E-state index contributed by atoms with van der Waals surface area (Å²) in [5, 5.41) is 0. The first kappa shape index (κ1) is 11.5. The van der Waals surface area contributed by atoms with E-state index < -0.39 is 0 Å². The summed E-state index contributed by atoms with van der Waals surface area (Å²) in [6.45, 7) is 0. The van der Waals surface area contributed by atoms with E-state index in [1.165, 1.54) is 0 Å². The standard InChI is InChI=1S/C14H13N3O2/c1-16(2)10-5-6-17-12(8-10)11(9-18)15-14(17)13-4-3-7-19-13/h3-9H,1-2H3. The van der Waals surface area contributed by atoms with E-state index in [-0.39, 0.29) is 0 Å². The summed E-state index contributed by atoms with van der Waals surface area (Å²) < 4.78 is 7.21. The SMILES string of the molecule is CN(C)c1ccn2c(-c3ccco3)nc(C=O)c2c1. The van der Waals surface area contributed by atoms with Gasteiger partial charge < -0.3 is 9.32 Å². The highest BCUT2D eigenvalue weighted by atomic mass is 16.3. The van der Waals surface area contributed by atoms with Crippen LogP contribution in [0.15, 0.2) is 41.1 Å². The van der Waals surface area contributed by atoms with E-state index in [9.17, 15) is 4.79 Å². The summed E-state index contributed by atoms with van der Waals surface area (Å²) in [5.74, 6) is 1.27. The molecule has 3 heterocycles. The van der Waals surface area contributed by atoms with Crippen LogP contribution < -0.4 is 4.90 Å². The number of aromatic nitrogens is 2. The molecule has 0 saturated carbocycles. The minimum atomic E-state index is 0.412. The van der Waals surface area contributed by atoms with Crippen LogP contribution in [-0.2, 0) is 0 Å². The van der Waals surface area contributed by atoms with Gasteiger partial charge in [0.1, 0.15) is 5.69 Å².